The van der Waals surface area contributed by atoms with Crippen LogP contribution in [0.25, 0.3) is 33.4 Å². The van der Waals surface area contributed by atoms with Gasteiger partial charge >= 0.3 is 0 Å². The van der Waals surface area contributed by atoms with E-state index in [1.165, 1.54) is 0 Å². The highest BCUT2D eigenvalue weighted by Crippen LogP contribution is 2.50. The number of rotatable bonds is 3. The van der Waals surface area contributed by atoms with Gasteiger partial charge in [-0.05, 0) is 103 Å². The van der Waals surface area contributed by atoms with Crippen molar-refractivity contribution in [3.63, 3.8) is 0 Å². The number of phenols is 4. The second-order valence-electron chi connectivity index (χ2n) is 21.2. The molecule has 4 rings (SSSR count). The molecule has 52 heavy (non-hydrogen) atoms. The Bertz CT molecular complexity index is 1790. The molecule has 0 aromatic heterocycles. The van der Waals surface area contributed by atoms with E-state index in [9.17, 15) is 20.4 Å². The zero-order valence-electron chi connectivity index (χ0n) is 35.4. The molecule has 282 valence electrons. The van der Waals surface area contributed by atoms with Gasteiger partial charge in [0.05, 0.1) is 0 Å². The average Bonchev–Trinajstić information content (AvgIpc) is 2.94. The van der Waals surface area contributed by atoms with E-state index in [0.717, 1.165) is 55.6 Å². The van der Waals surface area contributed by atoms with Crippen LogP contribution in [-0.2, 0) is 32.5 Å². The molecule has 0 saturated carbocycles. The Morgan fingerprint density at radius 3 is 0.615 bits per heavy atom. The van der Waals surface area contributed by atoms with Crippen molar-refractivity contribution in [2.45, 2.75) is 157 Å². The van der Waals surface area contributed by atoms with Crippen LogP contribution in [0.3, 0.4) is 0 Å². The molecular weight excluding hydrogens is 641 g/mol. The molecule has 0 unspecified atom stereocenters. The molecule has 4 nitrogen and oxygen atoms in total. The van der Waals surface area contributed by atoms with Crippen LogP contribution in [0, 0.1) is 0 Å². The molecule has 0 saturated heterocycles. The molecule has 4 aromatic carbocycles. The van der Waals surface area contributed by atoms with E-state index < -0.39 is 0 Å². The standard InChI is InChI=1S/C48H66O4/c1-43(2,3)33-21-28(22-34(40(33)50)44(4,5)6)27-19-31(29-23-35(45(7,8)9)41(51)36(24-29)46(10,11)12)39(49)32(20-27)30-25-37(47(13,14)15)42(52)38(26-30)48(16,17)18/h19-26,49-52H,1-18H3. The maximum atomic E-state index is 12.5. The summed E-state index contributed by atoms with van der Waals surface area (Å²) in [5, 5.41) is 47.4. The largest absolute Gasteiger partial charge is 0.507 e. The molecule has 0 heterocycles. The van der Waals surface area contributed by atoms with Crippen LogP contribution in [0.2, 0.25) is 0 Å². The van der Waals surface area contributed by atoms with Gasteiger partial charge in [0, 0.05) is 44.5 Å². The second-order valence-corrected chi connectivity index (χ2v) is 21.2. The van der Waals surface area contributed by atoms with Crippen LogP contribution in [0.5, 0.6) is 23.0 Å². The highest BCUT2D eigenvalue weighted by atomic mass is 16.3. The zero-order valence-corrected chi connectivity index (χ0v) is 35.4. The third-order valence-corrected chi connectivity index (χ3v) is 10.2. The maximum Gasteiger partial charge on any atom is 0.131 e. The van der Waals surface area contributed by atoms with Crippen molar-refractivity contribution in [1.82, 2.24) is 0 Å². The first kappa shape index (κ1) is 40.8. The molecule has 0 aliphatic heterocycles. The van der Waals surface area contributed by atoms with Crippen molar-refractivity contribution in [3.8, 4) is 56.4 Å². The van der Waals surface area contributed by atoms with Crippen LogP contribution in [-0.4, -0.2) is 20.4 Å². The van der Waals surface area contributed by atoms with Gasteiger partial charge in [-0.3, -0.25) is 0 Å². The van der Waals surface area contributed by atoms with E-state index in [2.05, 4.69) is 137 Å². The van der Waals surface area contributed by atoms with Crippen LogP contribution in [0.15, 0.2) is 48.5 Å². The summed E-state index contributed by atoms with van der Waals surface area (Å²) in [5.74, 6) is 1.01. The summed E-state index contributed by atoms with van der Waals surface area (Å²) < 4.78 is 0. The molecule has 0 aliphatic rings. The molecule has 4 N–H and O–H groups in total. The Morgan fingerprint density at radius 1 is 0.250 bits per heavy atom. The van der Waals surface area contributed by atoms with Crippen LogP contribution >= 0.6 is 0 Å². The minimum absolute atomic E-state index is 0.130. The lowest BCUT2D eigenvalue weighted by Crippen LogP contribution is -2.17. The smallest absolute Gasteiger partial charge is 0.131 e. The highest BCUT2D eigenvalue weighted by molar-refractivity contribution is 5.89. The van der Waals surface area contributed by atoms with Gasteiger partial charge in [0.1, 0.15) is 23.0 Å². The normalized spacial score (nSPS) is 13.5. The fraction of sp³-hybridized carbons (Fsp3) is 0.500. The Hall–Kier alpha value is -3.92. The molecule has 0 bridgehead atoms. The highest BCUT2D eigenvalue weighted by Gasteiger charge is 2.32. The average molecular weight is 707 g/mol. The van der Waals surface area contributed by atoms with Crippen molar-refractivity contribution in [1.29, 1.82) is 0 Å². The fourth-order valence-corrected chi connectivity index (χ4v) is 7.05. The maximum absolute atomic E-state index is 12.5. The molecule has 0 fully saturated rings. The molecule has 0 spiro atoms. The van der Waals surface area contributed by atoms with Crippen molar-refractivity contribution in [2.75, 3.05) is 0 Å². The summed E-state index contributed by atoms with van der Waals surface area (Å²) in [6, 6.07) is 16.3. The van der Waals surface area contributed by atoms with E-state index in [0.29, 0.717) is 16.9 Å². The van der Waals surface area contributed by atoms with Gasteiger partial charge in [-0.2, -0.15) is 0 Å². The second kappa shape index (κ2) is 12.9. The van der Waals surface area contributed by atoms with E-state index in [1.54, 1.807) is 0 Å². The lowest BCUT2D eigenvalue weighted by Gasteiger charge is -2.30. The number of aromatic hydroxyl groups is 4. The number of hydrogen-bond acceptors (Lipinski definition) is 4. The molecular formula is C48H66O4. The van der Waals surface area contributed by atoms with Crippen LogP contribution < -0.4 is 0 Å². The molecule has 4 aromatic rings. The summed E-state index contributed by atoms with van der Waals surface area (Å²) in [6.45, 7) is 37.8. The SMILES string of the molecule is CC(C)(C)c1cc(-c2cc(-c3cc(C(C)(C)C)c(O)c(C(C)(C)C)c3)c(O)c(-c3cc(C(C)(C)C)c(O)c(C(C)(C)C)c3)c2)cc(C(C)(C)C)c1O. The van der Waals surface area contributed by atoms with E-state index in [1.807, 2.05) is 36.4 Å². The Labute approximate surface area is 315 Å². The summed E-state index contributed by atoms with van der Waals surface area (Å²) in [6.07, 6.45) is 0. The number of benzene rings is 4. The summed E-state index contributed by atoms with van der Waals surface area (Å²) in [5.41, 5.74) is 7.58. The summed E-state index contributed by atoms with van der Waals surface area (Å²) >= 11 is 0. The first-order valence-electron chi connectivity index (χ1n) is 18.8. The monoisotopic (exact) mass is 706 g/mol. The van der Waals surface area contributed by atoms with Crippen molar-refractivity contribution in [2.24, 2.45) is 0 Å². The molecule has 0 atom stereocenters. The minimum Gasteiger partial charge on any atom is -0.507 e. The number of phenolic OH excluding ortho intramolecular Hbond substituents is 4. The lowest BCUT2D eigenvalue weighted by molar-refractivity contribution is 0.422. The van der Waals surface area contributed by atoms with Gasteiger partial charge in [0.15, 0.2) is 0 Å². The fourth-order valence-electron chi connectivity index (χ4n) is 7.05. The van der Waals surface area contributed by atoms with E-state index >= 15 is 0 Å². The molecule has 0 radical (unpaired) electrons. The van der Waals surface area contributed by atoms with Gasteiger partial charge in [0.25, 0.3) is 0 Å². The van der Waals surface area contributed by atoms with Gasteiger partial charge in [0.2, 0.25) is 0 Å². The first-order chi connectivity index (χ1) is 23.2. The van der Waals surface area contributed by atoms with Gasteiger partial charge < -0.3 is 20.4 Å². The predicted octanol–water partition coefficient (Wildman–Crippen LogP) is 13.3. The van der Waals surface area contributed by atoms with Gasteiger partial charge in [-0.15, -0.1) is 0 Å². The Balaban J connectivity index is 2.29. The topological polar surface area (TPSA) is 80.9 Å². The minimum atomic E-state index is -0.365. The summed E-state index contributed by atoms with van der Waals surface area (Å²) in [4.78, 5) is 0. The summed E-state index contributed by atoms with van der Waals surface area (Å²) in [7, 11) is 0. The van der Waals surface area contributed by atoms with E-state index in [-0.39, 0.29) is 49.7 Å². The quantitative estimate of drug-likeness (QED) is 0.171. The zero-order chi connectivity index (χ0) is 39.9. The van der Waals surface area contributed by atoms with Gasteiger partial charge in [-0.1, -0.05) is 125 Å². The Morgan fingerprint density at radius 2 is 0.423 bits per heavy atom. The van der Waals surface area contributed by atoms with Crippen molar-refractivity contribution in [3.05, 3.63) is 81.9 Å². The van der Waals surface area contributed by atoms with E-state index in [4.69, 9.17) is 0 Å². The molecule has 0 aliphatic carbocycles. The van der Waals surface area contributed by atoms with Crippen molar-refractivity contribution >= 4 is 0 Å². The predicted molar refractivity (Wildman–Crippen MR) is 222 cm³/mol. The van der Waals surface area contributed by atoms with Gasteiger partial charge in [-0.25, -0.2) is 0 Å². The first-order valence-corrected chi connectivity index (χ1v) is 18.8. The van der Waals surface area contributed by atoms with Crippen molar-refractivity contribution < 1.29 is 20.4 Å². The Kier molecular flexibility index (Phi) is 10.1. The van der Waals surface area contributed by atoms with Crippen LogP contribution in [0.4, 0.5) is 0 Å². The third-order valence-electron chi connectivity index (χ3n) is 10.2. The third kappa shape index (κ3) is 8.02. The number of hydrogen-bond donors (Lipinski definition) is 4. The molecule has 4 heteroatoms. The lowest BCUT2D eigenvalue weighted by atomic mass is 9.76. The van der Waals surface area contributed by atoms with Crippen LogP contribution in [0.1, 0.15) is 158 Å². The molecule has 0 amide bonds.